The summed E-state index contributed by atoms with van der Waals surface area (Å²) < 4.78 is 16.2. The van der Waals surface area contributed by atoms with Crippen LogP contribution >= 0.6 is 0 Å². The van der Waals surface area contributed by atoms with E-state index in [1.807, 2.05) is 0 Å². The number of ether oxygens (including phenoxy) is 3. The number of aliphatic hydroxyl groups is 2. The summed E-state index contributed by atoms with van der Waals surface area (Å²) >= 11 is 0. The van der Waals surface area contributed by atoms with Crippen molar-refractivity contribution in [2.45, 2.75) is 44.8 Å². The maximum Gasteiger partial charge on any atom is 0.330 e. The van der Waals surface area contributed by atoms with Gasteiger partial charge in [-0.25, -0.2) is 4.79 Å². The number of aromatic amines is 1. The Bertz CT molecular complexity index is 784. The molecular weight excluding hydrogens is 352 g/mol. The third-order valence-electron chi connectivity index (χ3n) is 3.78. The first-order valence-corrected chi connectivity index (χ1v) is 7.83. The number of aromatic nitrogens is 2. The predicted octanol–water partition coefficient (Wildman–Crippen LogP) is -1.66. The second kappa shape index (κ2) is 8.25. The lowest BCUT2D eigenvalue weighted by Crippen LogP contribution is -2.36. The maximum absolute atomic E-state index is 12.1. The Morgan fingerprint density at radius 2 is 2.08 bits per heavy atom. The summed E-state index contributed by atoms with van der Waals surface area (Å²) in [5.41, 5.74) is -1.75. The third kappa shape index (κ3) is 4.56. The summed E-state index contributed by atoms with van der Waals surface area (Å²) in [6.45, 7) is 1.42. The summed E-state index contributed by atoms with van der Waals surface area (Å²) in [5, 5.41) is 19.0. The summed E-state index contributed by atoms with van der Waals surface area (Å²) in [5.74, 6) is -1.35. The number of carbonyl (C=O) groups is 2. The van der Waals surface area contributed by atoms with E-state index in [0.29, 0.717) is 0 Å². The van der Waals surface area contributed by atoms with Crippen LogP contribution in [0.25, 0.3) is 0 Å². The van der Waals surface area contributed by atoms with Crippen LogP contribution < -0.4 is 11.2 Å². The van der Waals surface area contributed by atoms with Crippen molar-refractivity contribution in [3.8, 4) is 0 Å². The number of H-pyrrole nitrogens is 1. The van der Waals surface area contributed by atoms with Gasteiger partial charge < -0.3 is 24.4 Å². The van der Waals surface area contributed by atoms with Crippen LogP contribution in [0.3, 0.4) is 0 Å². The molecule has 11 heteroatoms. The van der Waals surface area contributed by atoms with Crippen LogP contribution in [0.1, 0.15) is 38.2 Å². The van der Waals surface area contributed by atoms with E-state index in [1.165, 1.54) is 0 Å². The quantitative estimate of drug-likeness (QED) is 0.497. The first-order chi connectivity index (χ1) is 12.2. The molecule has 1 aliphatic heterocycles. The van der Waals surface area contributed by atoms with Gasteiger partial charge >= 0.3 is 17.6 Å². The number of hydrogen-bond donors (Lipinski definition) is 3. The maximum atomic E-state index is 12.1. The summed E-state index contributed by atoms with van der Waals surface area (Å²) in [4.78, 5) is 48.6. The Balaban J connectivity index is 2.38. The molecule has 1 aliphatic rings. The van der Waals surface area contributed by atoms with E-state index in [9.17, 15) is 24.3 Å². The minimum Gasteiger partial charge on any atom is -0.462 e. The second-order valence-electron chi connectivity index (χ2n) is 5.77. The molecular formula is C15H20N2O9. The molecule has 4 atom stereocenters. The highest BCUT2D eigenvalue weighted by molar-refractivity contribution is 5.67. The zero-order valence-corrected chi connectivity index (χ0v) is 14.2. The molecule has 1 saturated heterocycles. The Morgan fingerprint density at radius 1 is 1.38 bits per heavy atom. The number of nitrogens with one attached hydrogen (secondary N) is 1. The van der Waals surface area contributed by atoms with Gasteiger partial charge in [-0.3, -0.25) is 23.9 Å². The van der Waals surface area contributed by atoms with Crippen LogP contribution in [0.15, 0.2) is 15.8 Å². The lowest BCUT2D eigenvalue weighted by atomic mass is 10.2. The number of rotatable bonds is 6. The van der Waals surface area contributed by atoms with E-state index in [-0.39, 0.29) is 12.0 Å². The molecule has 0 saturated carbocycles. The average Bonchev–Trinajstić information content (AvgIpc) is 2.92. The zero-order valence-electron chi connectivity index (χ0n) is 14.2. The van der Waals surface area contributed by atoms with E-state index in [2.05, 4.69) is 4.98 Å². The van der Waals surface area contributed by atoms with Crippen molar-refractivity contribution in [3.05, 3.63) is 32.6 Å². The van der Waals surface area contributed by atoms with E-state index in [4.69, 9.17) is 19.3 Å². The number of esters is 2. The molecule has 2 heterocycles. The largest absolute Gasteiger partial charge is 0.462 e. The predicted molar refractivity (Wildman–Crippen MR) is 84.1 cm³/mol. The van der Waals surface area contributed by atoms with Gasteiger partial charge in [0.2, 0.25) is 0 Å². The van der Waals surface area contributed by atoms with Crippen LogP contribution in [0.2, 0.25) is 0 Å². The topological polar surface area (TPSA) is 157 Å². The van der Waals surface area contributed by atoms with Crippen LogP contribution in [-0.4, -0.2) is 57.1 Å². The van der Waals surface area contributed by atoms with Gasteiger partial charge in [-0.05, 0) is 0 Å². The van der Waals surface area contributed by atoms with Gasteiger partial charge in [-0.2, -0.15) is 0 Å². The Morgan fingerprint density at radius 3 is 2.62 bits per heavy atom. The standard InChI is InChI=1S/C15H20N2O9/c1-7(19)24-6-12(25-8(2)20)9-4-17(15(23)16-14(9)22)13-3-10(21)11(5-18)26-13/h4,10-13,18,21H,3,5-6H2,1-2H3,(H,16,22,23)/t10-,11+,12?,13+/m0/s1. The first kappa shape index (κ1) is 19.8. The number of hydrogen-bond acceptors (Lipinski definition) is 9. The van der Waals surface area contributed by atoms with Gasteiger partial charge in [0.05, 0.1) is 18.3 Å². The molecule has 0 aromatic carbocycles. The summed E-state index contributed by atoms with van der Waals surface area (Å²) in [6.07, 6.45) is -2.89. The highest BCUT2D eigenvalue weighted by atomic mass is 16.6. The molecule has 0 aliphatic carbocycles. The highest BCUT2D eigenvalue weighted by Gasteiger charge is 2.35. The minimum atomic E-state index is -1.23. The molecule has 1 unspecified atom stereocenters. The average molecular weight is 372 g/mol. The van der Waals surface area contributed by atoms with E-state index in [1.54, 1.807) is 0 Å². The summed E-state index contributed by atoms with van der Waals surface area (Å²) in [6, 6.07) is 0. The fourth-order valence-corrected chi connectivity index (χ4v) is 2.58. The molecule has 0 amide bonds. The lowest BCUT2D eigenvalue weighted by molar-refractivity contribution is -0.156. The summed E-state index contributed by atoms with van der Waals surface area (Å²) in [7, 11) is 0. The lowest BCUT2D eigenvalue weighted by Gasteiger charge is -2.19. The molecule has 2 rings (SSSR count). The molecule has 1 aromatic heterocycles. The van der Waals surface area contributed by atoms with Crippen LogP contribution in [0.5, 0.6) is 0 Å². The monoisotopic (exact) mass is 372 g/mol. The smallest absolute Gasteiger partial charge is 0.330 e. The van der Waals surface area contributed by atoms with Crippen molar-refractivity contribution in [2.75, 3.05) is 13.2 Å². The van der Waals surface area contributed by atoms with Crippen molar-refractivity contribution in [1.82, 2.24) is 9.55 Å². The Labute approximate surface area is 147 Å². The molecule has 0 spiro atoms. The SMILES string of the molecule is CC(=O)OCC(OC(C)=O)c1cn([C@H]2C[C@H](O)[C@@H](CO)O2)c(=O)[nH]c1=O. The zero-order chi connectivity index (χ0) is 19.4. The van der Waals surface area contributed by atoms with E-state index in [0.717, 1.165) is 24.6 Å². The number of aliphatic hydroxyl groups excluding tert-OH is 2. The molecule has 11 nitrogen and oxygen atoms in total. The number of carbonyl (C=O) groups excluding carboxylic acids is 2. The first-order valence-electron chi connectivity index (χ1n) is 7.83. The molecule has 0 bridgehead atoms. The van der Waals surface area contributed by atoms with Crippen LogP contribution in [0, 0.1) is 0 Å². The van der Waals surface area contributed by atoms with E-state index >= 15 is 0 Å². The van der Waals surface area contributed by atoms with Gasteiger partial charge in [0, 0.05) is 26.5 Å². The van der Waals surface area contributed by atoms with Crippen molar-refractivity contribution in [1.29, 1.82) is 0 Å². The Kier molecular flexibility index (Phi) is 6.29. The van der Waals surface area contributed by atoms with Gasteiger partial charge in [0.25, 0.3) is 5.56 Å². The fourth-order valence-electron chi connectivity index (χ4n) is 2.58. The van der Waals surface area contributed by atoms with Gasteiger partial charge in [0.15, 0.2) is 6.10 Å². The van der Waals surface area contributed by atoms with Crippen molar-refractivity contribution >= 4 is 11.9 Å². The second-order valence-corrected chi connectivity index (χ2v) is 5.77. The van der Waals surface area contributed by atoms with Crippen LogP contribution in [0.4, 0.5) is 0 Å². The van der Waals surface area contributed by atoms with Crippen molar-refractivity contribution in [2.24, 2.45) is 0 Å². The third-order valence-corrected chi connectivity index (χ3v) is 3.78. The van der Waals surface area contributed by atoms with Crippen molar-refractivity contribution in [3.63, 3.8) is 0 Å². The van der Waals surface area contributed by atoms with Gasteiger partial charge in [-0.1, -0.05) is 0 Å². The van der Waals surface area contributed by atoms with Crippen LogP contribution in [-0.2, 0) is 23.8 Å². The number of nitrogens with zero attached hydrogens (tertiary/aromatic N) is 1. The molecule has 3 N–H and O–H groups in total. The van der Waals surface area contributed by atoms with Crippen molar-refractivity contribution < 1.29 is 34.0 Å². The normalized spacial score (nSPS) is 23.5. The van der Waals surface area contributed by atoms with Gasteiger partial charge in [-0.15, -0.1) is 0 Å². The molecule has 144 valence electrons. The molecule has 0 radical (unpaired) electrons. The Hall–Kier alpha value is -2.50. The minimum absolute atomic E-state index is 0.0127. The van der Waals surface area contributed by atoms with Gasteiger partial charge in [0.1, 0.15) is 18.9 Å². The molecule has 1 aromatic rings. The molecule has 26 heavy (non-hydrogen) atoms. The van der Waals surface area contributed by atoms with E-state index < -0.39 is 60.9 Å². The highest BCUT2D eigenvalue weighted by Crippen LogP contribution is 2.27. The molecule has 1 fully saturated rings. The fraction of sp³-hybridized carbons (Fsp3) is 0.600.